The van der Waals surface area contributed by atoms with E-state index in [1.807, 2.05) is 17.9 Å². The van der Waals surface area contributed by atoms with E-state index in [4.69, 9.17) is 11.6 Å². The van der Waals surface area contributed by atoms with Crippen LogP contribution >= 0.6 is 11.6 Å². The molecule has 29 heavy (non-hydrogen) atoms. The van der Waals surface area contributed by atoms with Crippen molar-refractivity contribution in [3.63, 3.8) is 0 Å². The Morgan fingerprint density at radius 1 is 1.03 bits per heavy atom. The van der Waals surface area contributed by atoms with Crippen LogP contribution in [0.4, 0.5) is 17.1 Å². The lowest BCUT2D eigenvalue weighted by atomic mass is 10.0. The predicted octanol–water partition coefficient (Wildman–Crippen LogP) is 3.91. The molecule has 0 saturated heterocycles. The molecule has 2 aromatic rings. The van der Waals surface area contributed by atoms with Crippen LogP contribution in [0.3, 0.4) is 0 Å². The van der Waals surface area contributed by atoms with E-state index in [-0.39, 0.29) is 11.8 Å². The summed E-state index contributed by atoms with van der Waals surface area (Å²) in [4.78, 5) is 39.1. The first-order valence-corrected chi connectivity index (χ1v) is 10.1. The van der Waals surface area contributed by atoms with E-state index in [1.165, 1.54) is 0 Å². The van der Waals surface area contributed by atoms with Gasteiger partial charge in [0.05, 0.1) is 0 Å². The smallest absolute Gasteiger partial charge is 0.314 e. The van der Waals surface area contributed by atoms with Crippen molar-refractivity contribution in [2.24, 2.45) is 5.92 Å². The summed E-state index contributed by atoms with van der Waals surface area (Å²) in [6, 6.07) is 10.5. The molecule has 1 heterocycles. The summed E-state index contributed by atoms with van der Waals surface area (Å²) in [5, 5.41) is 5.69. The Hall–Kier alpha value is -2.86. The maximum absolute atomic E-state index is 12.6. The number of hydrogen-bond acceptors (Lipinski definition) is 3. The van der Waals surface area contributed by atoms with Gasteiger partial charge in [0.15, 0.2) is 0 Å². The first kappa shape index (κ1) is 19.5. The molecule has 1 aliphatic heterocycles. The number of fused-ring (bicyclic) bond motifs is 1. The number of halogens is 1. The van der Waals surface area contributed by atoms with Gasteiger partial charge in [0, 0.05) is 34.5 Å². The monoisotopic (exact) mass is 411 g/mol. The number of aryl methyl sites for hydroxylation is 2. The molecule has 0 radical (unpaired) electrons. The second-order valence-electron chi connectivity index (χ2n) is 7.58. The zero-order chi connectivity index (χ0) is 20.5. The van der Waals surface area contributed by atoms with Gasteiger partial charge >= 0.3 is 11.8 Å². The van der Waals surface area contributed by atoms with Crippen molar-refractivity contribution < 1.29 is 14.4 Å². The molecule has 7 heteroatoms. The maximum atomic E-state index is 12.6. The highest BCUT2D eigenvalue weighted by Gasteiger charge is 2.35. The van der Waals surface area contributed by atoms with Crippen molar-refractivity contribution in [3.8, 4) is 0 Å². The van der Waals surface area contributed by atoms with Gasteiger partial charge in [-0.05, 0) is 68.0 Å². The fraction of sp³-hybridized carbons (Fsp3) is 0.318. The number of amides is 3. The molecule has 2 aromatic carbocycles. The normalized spacial score (nSPS) is 15.4. The van der Waals surface area contributed by atoms with Gasteiger partial charge in [0.25, 0.3) is 0 Å². The van der Waals surface area contributed by atoms with Crippen LogP contribution < -0.4 is 15.5 Å². The zero-order valence-corrected chi connectivity index (χ0v) is 16.9. The highest BCUT2D eigenvalue weighted by Crippen LogP contribution is 2.36. The van der Waals surface area contributed by atoms with E-state index < -0.39 is 11.8 Å². The van der Waals surface area contributed by atoms with E-state index in [0.29, 0.717) is 22.9 Å². The van der Waals surface area contributed by atoms with Crippen LogP contribution in [-0.2, 0) is 20.8 Å². The molecular weight excluding hydrogens is 390 g/mol. The Morgan fingerprint density at radius 3 is 2.55 bits per heavy atom. The standard InChI is InChI=1S/C22H22ClN3O3/c1-13-4-8-16(23)11-18(13)25-21(28)20(27)24-17-9-7-14-3-2-10-26(19(14)12-17)22(29)15-5-6-15/h4,7-9,11-12,15H,2-3,5-6,10H2,1H3,(H,24,27)(H,25,28). The van der Waals surface area contributed by atoms with Gasteiger partial charge < -0.3 is 15.5 Å². The highest BCUT2D eigenvalue weighted by atomic mass is 35.5. The van der Waals surface area contributed by atoms with Crippen LogP contribution in [0.25, 0.3) is 0 Å². The highest BCUT2D eigenvalue weighted by molar-refractivity contribution is 6.44. The Kier molecular flexibility index (Phi) is 5.28. The number of anilines is 3. The third-order valence-corrected chi connectivity index (χ3v) is 5.54. The minimum Gasteiger partial charge on any atom is -0.318 e. The van der Waals surface area contributed by atoms with Crippen LogP contribution in [0.2, 0.25) is 5.02 Å². The molecule has 3 amide bonds. The van der Waals surface area contributed by atoms with Crippen molar-refractivity contribution in [3.05, 3.63) is 52.5 Å². The van der Waals surface area contributed by atoms with Gasteiger partial charge in [-0.3, -0.25) is 14.4 Å². The fourth-order valence-corrected chi connectivity index (χ4v) is 3.70. The SMILES string of the molecule is Cc1ccc(Cl)cc1NC(=O)C(=O)Nc1ccc2c(c1)N(C(=O)C1CC1)CCC2. The van der Waals surface area contributed by atoms with Crippen LogP contribution in [0.15, 0.2) is 36.4 Å². The molecule has 6 nitrogen and oxygen atoms in total. The predicted molar refractivity (Wildman–Crippen MR) is 113 cm³/mol. The van der Waals surface area contributed by atoms with Gasteiger partial charge in [0.1, 0.15) is 0 Å². The molecule has 4 rings (SSSR count). The average molecular weight is 412 g/mol. The van der Waals surface area contributed by atoms with Crippen molar-refractivity contribution in [2.45, 2.75) is 32.6 Å². The third kappa shape index (κ3) is 4.27. The number of nitrogens with zero attached hydrogens (tertiary/aromatic N) is 1. The maximum Gasteiger partial charge on any atom is 0.314 e. The molecule has 0 atom stereocenters. The summed E-state index contributed by atoms with van der Waals surface area (Å²) in [5.74, 6) is -1.27. The quantitative estimate of drug-likeness (QED) is 0.751. The molecule has 0 bridgehead atoms. The van der Waals surface area contributed by atoms with Crippen molar-refractivity contribution in [1.29, 1.82) is 0 Å². The van der Waals surface area contributed by atoms with Gasteiger partial charge in [-0.15, -0.1) is 0 Å². The largest absolute Gasteiger partial charge is 0.318 e. The fourth-order valence-electron chi connectivity index (χ4n) is 3.53. The van der Waals surface area contributed by atoms with E-state index in [1.54, 1.807) is 30.3 Å². The summed E-state index contributed by atoms with van der Waals surface area (Å²) in [6.45, 7) is 2.51. The number of rotatable bonds is 3. The molecule has 0 spiro atoms. The lowest BCUT2D eigenvalue weighted by Gasteiger charge is -2.30. The molecule has 1 saturated carbocycles. The number of hydrogen-bond donors (Lipinski definition) is 2. The number of carbonyl (C=O) groups excluding carboxylic acids is 3. The van der Waals surface area contributed by atoms with E-state index in [9.17, 15) is 14.4 Å². The molecule has 1 fully saturated rings. The summed E-state index contributed by atoms with van der Waals surface area (Å²) in [7, 11) is 0. The van der Waals surface area contributed by atoms with E-state index >= 15 is 0 Å². The second-order valence-corrected chi connectivity index (χ2v) is 8.02. The van der Waals surface area contributed by atoms with Crippen molar-refractivity contribution >= 4 is 46.4 Å². The molecule has 2 N–H and O–H groups in total. The van der Waals surface area contributed by atoms with Crippen molar-refractivity contribution in [2.75, 3.05) is 22.1 Å². The van der Waals surface area contributed by atoms with Crippen molar-refractivity contribution in [1.82, 2.24) is 0 Å². The van der Waals surface area contributed by atoms with Crippen LogP contribution in [0, 0.1) is 12.8 Å². The first-order chi connectivity index (χ1) is 13.9. The lowest BCUT2D eigenvalue weighted by Crippen LogP contribution is -2.36. The van der Waals surface area contributed by atoms with Gasteiger partial charge in [-0.1, -0.05) is 23.7 Å². The summed E-state index contributed by atoms with van der Waals surface area (Å²) < 4.78 is 0. The molecule has 1 aliphatic carbocycles. The van der Waals surface area contributed by atoms with Gasteiger partial charge in [-0.2, -0.15) is 0 Å². The molecule has 150 valence electrons. The molecule has 0 aromatic heterocycles. The Labute approximate surface area is 174 Å². The second kappa shape index (κ2) is 7.87. The lowest BCUT2D eigenvalue weighted by molar-refractivity contribution is -0.133. The minimum atomic E-state index is -0.779. The van der Waals surface area contributed by atoms with Crippen LogP contribution in [0.5, 0.6) is 0 Å². The number of benzene rings is 2. The first-order valence-electron chi connectivity index (χ1n) is 9.75. The molecule has 2 aliphatic rings. The minimum absolute atomic E-state index is 0.130. The van der Waals surface area contributed by atoms with Gasteiger partial charge in [0.2, 0.25) is 5.91 Å². The Balaban J connectivity index is 1.48. The summed E-state index contributed by atoms with van der Waals surface area (Å²) in [6.07, 6.45) is 3.72. The summed E-state index contributed by atoms with van der Waals surface area (Å²) in [5.41, 5.74) is 3.70. The van der Waals surface area contributed by atoms with E-state index in [2.05, 4.69) is 10.6 Å². The van der Waals surface area contributed by atoms with E-state index in [0.717, 1.165) is 42.5 Å². The van der Waals surface area contributed by atoms with Crippen LogP contribution in [-0.4, -0.2) is 24.3 Å². The zero-order valence-electron chi connectivity index (χ0n) is 16.1. The summed E-state index contributed by atoms with van der Waals surface area (Å²) >= 11 is 5.96. The average Bonchev–Trinajstić information content (AvgIpc) is 3.55. The third-order valence-electron chi connectivity index (χ3n) is 5.31. The van der Waals surface area contributed by atoms with Crippen LogP contribution in [0.1, 0.15) is 30.4 Å². The number of carbonyl (C=O) groups is 3. The Morgan fingerprint density at radius 2 is 1.79 bits per heavy atom. The Bertz CT molecular complexity index is 1000. The molecular formula is C22H22ClN3O3. The topological polar surface area (TPSA) is 78.5 Å². The van der Waals surface area contributed by atoms with Gasteiger partial charge in [-0.25, -0.2) is 0 Å². The molecule has 0 unspecified atom stereocenters. The number of nitrogens with one attached hydrogen (secondary N) is 2.